The van der Waals surface area contributed by atoms with Crippen molar-refractivity contribution in [3.63, 3.8) is 0 Å². The van der Waals surface area contributed by atoms with E-state index in [0.717, 1.165) is 17.5 Å². The fraction of sp³-hybridized carbons (Fsp3) is 0.182. The normalized spacial score (nSPS) is 15.9. The summed E-state index contributed by atoms with van der Waals surface area (Å²) in [5.41, 5.74) is 2.26. The fourth-order valence-electron chi connectivity index (χ4n) is 3.80. The van der Waals surface area contributed by atoms with Crippen molar-refractivity contribution in [1.29, 1.82) is 0 Å². The van der Waals surface area contributed by atoms with Gasteiger partial charge in [-0.05, 0) is 48.7 Å². The second kappa shape index (κ2) is 6.41. The van der Waals surface area contributed by atoms with Crippen molar-refractivity contribution in [1.82, 2.24) is 10.1 Å². The van der Waals surface area contributed by atoms with Gasteiger partial charge in [-0.3, -0.25) is 19.5 Å². The maximum Gasteiger partial charge on any atom is 0.296 e. The van der Waals surface area contributed by atoms with Crippen LogP contribution in [0.5, 0.6) is 0 Å². The quantitative estimate of drug-likeness (QED) is 0.531. The molecular weight excluding hydrogens is 370 g/mol. The lowest BCUT2D eigenvalue weighted by Gasteiger charge is -2.22. The van der Waals surface area contributed by atoms with Crippen molar-refractivity contribution < 1.29 is 13.7 Å². The minimum atomic E-state index is -0.670. The largest absolute Gasteiger partial charge is 0.450 e. The third kappa shape index (κ3) is 2.58. The summed E-state index contributed by atoms with van der Waals surface area (Å²) in [7, 11) is 0. The molecule has 1 aromatic carbocycles. The monoisotopic (exact) mass is 387 g/mol. The Morgan fingerprint density at radius 2 is 1.90 bits per heavy atom. The molecule has 0 saturated carbocycles. The van der Waals surface area contributed by atoms with Crippen LogP contribution >= 0.6 is 0 Å². The van der Waals surface area contributed by atoms with Crippen LogP contribution in [0.4, 0.5) is 5.82 Å². The minimum absolute atomic E-state index is 0.0363. The molecule has 0 radical (unpaired) electrons. The number of hydrogen-bond acceptors (Lipinski definition) is 6. The summed E-state index contributed by atoms with van der Waals surface area (Å²) in [5, 5.41) is 4.47. The lowest BCUT2D eigenvalue weighted by atomic mass is 9.98. The topological polar surface area (TPSA) is 89.4 Å². The van der Waals surface area contributed by atoms with E-state index in [1.807, 2.05) is 19.1 Å². The Bertz CT molecular complexity index is 1310. The van der Waals surface area contributed by atoms with Gasteiger partial charge in [0.15, 0.2) is 11.2 Å². The molecule has 144 valence electrons. The van der Waals surface area contributed by atoms with Crippen molar-refractivity contribution in [2.24, 2.45) is 0 Å². The minimum Gasteiger partial charge on any atom is -0.450 e. The Morgan fingerprint density at radius 1 is 1.10 bits per heavy atom. The molecule has 4 heterocycles. The van der Waals surface area contributed by atoms with E-state index < -0.39 is 11.9 Å². The van der Waals surface area contributed by atoms with E-state index in [-0.39, 0.29) is 11.2 Å². The number of carbonyl (C=O) groups is 1. The second-order valence-corrected chi connectivity index (χ2v) is 7.01. The molecule has 0 aliphatic carbocycles. The molecule has 29 heavy (non-hydrogen) atoms. The third-order valence-corrected chi connectivity index (χ3v) is 5.23. The van der Waals surface area contributed by atoms with Crippen LogP contribution in [-0.2, 0) is 6.42 Å². The van der Waals surface area contributed by atoms with Gasteiger partial charge in [0.1, 0.15) is 11.3 Å². The van der Waals surface area contributed by atoms with Crippen LogP contribution in [0.3, 0.4) is 0 Å². The van der Waals surface area contributed by atoms with E-state index in [1.165, 1.54) is 4.90 Å². The highest BCUT2D eigenvalue weighted by Gasteiger charge is 2.44. The number of fused-ring (bicyclic) bond motifs is 2. The van der Waals surface area contributed by atoms with Crippen LogP contribution in [0.15, 0.2) is 62.5 Å². The summed E-state index contributed by atoms with van der Waals surface area (Å²) in [5.74, 6) is 0.510. The Labute approximate surface area is 165 Å². The Morgan fingerprint density at radius 3 is 2.59 bits per heavy atom. The van der Waals surface area contributed by atoms with E-state index in [2.05, 4.69) is 10.1 Å². The lowest BCUT2D eigenvalue weighted by Crippen LogP contribution is -2.29. The number of carbonyl (C=O) groups excluding carboxylic acids is 1. The number of amides is 1. The van der Waals surface area contributed by atoms with Gasteiger partial charge in [0, 0.05) is 18.5 Å². The van der Waals surface area contributed by atoms with E-state index in [4.69, 9.17) is 8.94 Å². The lowest BCUT2D eigenvalue weighted by molar-refractivity contribution is 0.0969. The molecule has 1 aliphatic heterocycles. The van der Waals surface area contributed by atoms with Crippen LogP contribution in [-0.4, -0.2) is 16.0 Å². The molecule has 0 unspecified atom stereocenters. The molecule has 5 rings (SSSR count). The van der Waals surface area contributed by atoms with Crippen molar-refractivity contribution >= 4 is 22.7 Å². The Balaban J connectivity index is 1.82. The first-order valence-corrected chi connectivity index (χ1v) is 9.35. The second-order valence-electron chi connectivity index (χ2n) is 7.01. The predicted molar refractivity (Wildman–Crippen MR) is 106 cm³/mol. The molecule has 0 bridgehead atoms. The first-order chi connectivity index (χ1) is 14.1. The molecule has 0 spiro atoms. The van der Waals surface area contributed by atoms with Crippen LogP contribution in [0.25, 0.3) is 11.0 Å². The summed E-state index contributed by atoms with van der Waals surface area (Å²) in [4.78, 5) is 32.3. The molecule has 7 heteroatoms. The number of benzene rings is 1. The van der Waals surface area contributed by atoms with E-state index in [1.54, 1.807) is 43.6 Å². The zero-order valence-electron chi connectivity index (χ0n) is 15.9. The van der Waals surface area contributed by atoms with Gasteiger partial charge < -0.3 is 8.94 Å². The molecule has 3 aromatic heterocycles. The molecule has 1 amide bonds. The molecule has 0 fully saturated rings. The van der Waals surface area contributed by atoms with Crippen LogP contribution < -0.4 is 10.3 Å². The van der Waals surface area contributed by atoms with Gasteiger partial charge in [-0.2, -0.15) is 0 Å². The molecule has 4 aromatic rings. The average Bonchev–Trinajstić information content (AvgIpc) is 3.30. The summed E-state index contributed by atoms with van der Waals surface area (Å²) >= 11 is 0. The van der Waals surface area contributed by atoms with Gasteiger partial charge in [-0.1, -0.05) is 18.1 Å². The van der Waals surface area contributed by atoms with Gasteiger partial charge in [0.2, 0.25) is 5.76 Å². The third-order valence-electron chi connectivity index (χ3n) is 5.23. The Hall–Kier alpha value is -3.74. The van der Waals surface area contributed by atoms with Gasteiger partial charge >= 0.3 is 0 Å². The highest BCUT2D eigenvalue weighted by Crippen LogP contribution is 2.40. The van der Waals surface area contributed by atoms with E-state index in [0.29, 0.717) is 28.1 Å². The maximum absolute atomic E-state index is 13.5. The molecule has 1 aliphatic rings. The number of aryl methyl sites for hydroxylation is 2. The van der Waals surface area contributed by atoms with Crippen LogP contribution in [0.1, 0.15) is 46.0 Å². The summed E-state index contributed by atoms with van der Waals surface area (Å²) in [6.07, 6.45) is 4.05. The summed E-state index contributed by atoms with van der Waals surface area (Å²) < 4.78 is 11.1. The Kier molecular flexibility index (Phi) is 3.84. The summed E-state index contributed by atoms with van der Waals surface area (Å²) in [6.45, 7) is 3.77. The highest BCUT2D eigenvalue weighted by molar-refractivity contribution is 6.10. The van der Waals surface area contributed by atoms with Crippen molar-refractivity contribution in [3.8, 4) is 0 Å². The van der Waals surface area contributed by atoms with Gasteiger partial charge in [0.25, 0.3) is 5.91 Å². The standard InChI is InChI=1S/C22H17N3O4/c1-3-13-4-5-16-15(11-13)20(26)18-19(14-6-8-23-9-7-14)25(22(27)21(18)28-16)17-10-12(2)29-24-17/h4-11,19H,3H2,1-2H3/t19-/m1/s1. The molecule has 1 atom stereocenters. The van der Waals surface area contributed by atoms with Gasteiger partial charge in [-0.15, -0.1) is 0 Å². The number of rotatable bonds is 3. The SMILES string of the molecule is CCc1ccc2oc3c(c(=O)c2c1)[C@@H](c1ccncc1)N(c1cc(C)on1)C3=O. The van der Waals surface area contributed by atoms with Gasteiger partial charge in [0.05, 0.1) is 17.0 Å². The first kappa shape index (κ1) is 17.4. The van der Waals surface area contributed by atoms with Crippen molar-refractivity contribution in [2.45, 2.75) is 26.3 Å². The van der Waals surface area contributed by atoms with E-state index >= 15 is 0 Å². The first-order valence-electron chi connectivity index (χ1n) is 9.35. The molecule has 0 N–H and O–H groups in total. The number of nitrogens with zero attached hydrogens (tertiary/aromatic N) is 3. The maximum atomic E-state index is 13.5. The molecule has 0 saturated heterocycles. The smallest absolute Gasteiger partial charge is 0.296 e. The van der Waals surface area contributed by atoms with E-state index in [9.17, 15) is 9.59 Å². The number of pyridine rings is 1. The average molecular weight is 387 g/mol. The molecular formula is C22H17N3O4. The zero-order valence-corrected chi connectivity index (χ0v) is 15.9. The van der Waals surface area contributed by atoms with Gasteiger partial charge in [-0.25, -0.2) is 0 Å². The van der Waals surface area contributed by atoms with Crippen molar-refractivity contribution in [3.05, 3.63) is 87.2 Å². The fourth-order valence-corrected chi connectivity index (χ4v) is 3.80. The highest BCUT2D eigenvalue weighted by atomic mass is 16.5. The zero-order chi connectivity index (χ0) is 20.1. The van der Waals surface area contributed by atoms with Crippen molar-refractivity contribution in [2.75, 3.05) is 4.90 Å². The van der Waals surface area contributed by atoms with Crippen LogP contribution in [0.2, 0.25) is 0 Å². The van der Waals surface area contributed by atoms with Crippen LogP contribution in [0, 0.1) is 6.92 Å². The predicted octanol–water partition coefficient (Wildman–Crippen LogP) is 3.80. The number of hydrogen-bond donors (Lipinski definition) is 0. The number of aromatic nitrogens is 2. The summed E-state index contributed by atoms with van der Waals surface area (Å²) in [6, 6.07) is 10.0. The number of anilines is 1. The molecule has 7 nitrogen and oxygen atoms in total.